The number of hydrogen-bond donors (Lipinski definition) is 2. The average molecular weight is 232 g/mol. The Bertz CT molecular complexity index is 366. The lowest BCUT2D eigenvalue weighted by atomic mass is 10.1. The predicted molar refractivity (Wildman–Crippen MR) is 68.9 cm³/mol. The molecule has 0 aliphatic carbocycles. The lowest BCUT2D eigenvalue weighted by Crippen LogP contribution is -2.37. The molecule has 0 aromatic heterocycles. The zero-order chi connectivity index (χ0) is 12.1. The maximum Gasteiger partial charge on any atom is 0.224 e. The molecular formula is C14H20N2O. The summed E-state index contributed by atoms with van der Waals surface area (Å²) in [6.07, 6.45) is 2.57. The molecule has 0 spiro atoms. The summed E-state index contributed by atoms with van der Waals surface area (Å²) in [4.78, 5) is 11.8. The van der Waals surface area contributed by atoms with Crippen LogP contribution in [0.15, 0.2) is 24.3 Å². The van der Waals surface area contributed by atoms with Gasteiger partial charge in [-0.2, -0.15) is 0 Å². The largest absolute Gasteiger partial charge is 0.352 e. The molecule has 1 aliphatic rings. The van der Waals surface area contributed by atoms with Crippen molar-refractivity contribution in [3.8, 4) is 0 Å². The number of benzene rings is 1. The number of carbonyl (C=O) groups is 1. The molecular weight excluding hydrogens is 212 g/mol. The van der Waals surface area contributed by atoms with E-state index < -0.39 is 0 Å². The minimum absolute atomic E-state index is 0.128. The van der Waals surface area contributed by atoms with Crippen molar-refractivity contribution >= 4 is 5.91 Å². The fourth-order valence-electron chi connectivity index (χ4n) is 2.13. The van der Waals surface area contributed by atoms with Crippen LogP contribution in [0.4, 0.5) is 0 Å². The third-order valence-corrected chi connectivity index (χ3v) is 3.22. The lowest BCUT2D eigenvalue weighted by molar-refractivity contribution is -0.121. The van der Waals surface area contributed by atoms with Crippen LogP contribution in [0.3, 0.4) is 0 Å². The van der Waals surface area contributed by atoms with Crippen molar-refractivity contribution < 1.29 is 4.79 Å². The van der Waals surface area contributed by atoms with Gasteiger partial charge in [-0.25, -0.2) is 0 Å². The smallest absolute Gasteiger partial charge is 0.224 e. The standard InChI is InChI=1S/C14H20N2O/c1-2-11-3-5-12(6-4-11)9-14(17)16-13-7-8-15-10-13/h3-6,13,15H,2,7-10H2,1H3,(H,16,17). The van der Waals surface area contributed by atoms with Gasteiger partial charge in [-0.1, -0.05) is 31.2 Å². The molecule has 3 heteroatoms. The van der Waals surface area contributed by atoms with Crippen LogP contribution in [0.5, 0.6) is 0 Å². The molecule has 0 bridgehead atoms. The van der Waals surface area contributed by atoms with E-state index in [1.54, 1.807) is 0 Å². The molecule has 1 amide bonds. The Kier molecular flexibility index (Phi) is 4.15. The second-order valence-corrected chi connectivity index (χ2v) is 4.60. The van der Waals surface area contributed by atoms with E-state index in [1.807, 2.05) is 12.1 Å². The zero-order valence-corrected chi connectivity index (χ0v) is 10.3. The minimum Gasteiger partial charge on any atom is -0.352 e. The van der Waals surface area contributed by atoms with Gasteiger partial charge in [-0.15, -0.1) is 0 Å². The SMILES string of the molecule is CCc1ccc(CC(=O)NC2CCNC2)cc1. The molecule has 1 heterocycles. The highest BCUT2D eigenvalue weighted by atomic mass is 16.1. The van der Waals surface area contributed by atoms with Crippen LogP contribution in [0.25, 0.3) is 0 Å². The minimum atomic E-state index is 0.128. The number of rotatable bonds is 4. The van der Waals surface area contributed by atoms with Crippen molar-refractivity contribution in [3.63, 3.8) is 0 Å². The summed E-state index contributed by atoms with van der Waals surface area (Å²) in [6.45, 7) is 4.05. The number of nitrogens with one attached hydrogen (secondary N) is 2. The molecule has 1 saturated heterocycles. The van der Waals surface area contributed by atoms with Crippen LogP contribution in [0.2, 0.25) is 0 Å². The summed E-state index contributed by atoms with van der Waals surface area (Å²) in [5, 5.41) is 6.30. The predicted octanol–water partition coefficient (Wildman–Crippen LogP) is 1.27. The van der Waals surface area contributed by atoms with Crippen molar-refractivity contribution in [2.75, 3.05) is 13.1 Å². The first-order chi connectivity index (χ1) is 8.28. The lowest BCUT2D eigenvalue weighted by Gasteiger charge is -2.11. The molecule has 0 saturated carbocycles. The van der Waals surface area contributed by atoms with Crippen LogP contribution in [-0.4, -0.2) is 25.0 Å². The number of aryl methyl sites for hydroxylation is 1. The first-order valence-corrected chi connectivity index (χ1v) is 6.36. The maximum atomic E-state index is 11.8. The Balaban J connectivity index is 1.84. The molecule has 2 rings (SSSR count). The van der Waals surface area contributed by atoms with E-state index in [0.717, 1.165) is 31.5 Å². The van der Waals surface area contributed by atoms with Gasteiger partial charge in [0.1, 0.15) is 0 Å². The van der Waals surface area contributed by atoms with Gasteiger partial charge in [0.25, 0.3) is 0 Å². The van der Waals surface area contributed by atoms with Crippen molar-refractivity contribution in [3.05, 3.63) is 35.4 Å². The van der Waals surface area contributed by atoms with E-state index in [1.165, 1.54) is 5.56 Å². The molecule has 1 aromatic carbocycles. The Labute approximate surface area is 103 Å². The quantitative estimate of drug-likeness (QED) is 0.821. The molecule has 1 fully saturated rings. The molecule has 3 nitrogen and oxygen atoms in total. The summed E-state index contributed by atoms with van der Waals surface area (Å²) < 4.78 is 0. The second-order valence-electron chi connectivity index (χ2n) is 4.60. The van der Waals surface area contributed by atoms with Gasteiger partial charge >= 0.3 is 0 Å². The highest BCUT2D eigenvalue weighted by Gasteiger charge is 2.16. The molecule has 17 heavy (non-hydrogen) atoms. The van der Waals surface area contributed by atoms with E-state index in [-0.39, 0.29) is 5.91 Å². The van der Waals surface area contributed by atoms with Crippen LogP contribution < -0.4 is 10.6 Å². The van der Waals surface area contributed by atoms with Gasteiger partial charge in [0.05, 0.1) is 6.42 Å². The van der Waals surface area contributed by atoms with Crippen LogP contribution >= 0.6 is 0 Å². The number of amides is 1. The molecule has 1 aliphatic heterocycles. The Morgan fingerprint density at radius 2 is 2.06 bits per heavy atom. The third kappa shape index (κ3) is 3.56. The van der Waals surface area contributed by atoms with Crippen molar-refractivity contribution in [2.24, 2.45) is 0 Å². The summed E-state index contributed by atoms with van der Waals surface area (Å²) in [5.41, 5.74) is 2.40. The van der Waals surface area contributed by atoms with Gasteiger partial charge in [0, 0.05) is 12.6 Å². The fourth-order valence-corrected chi connectivity index (χ4v) is 2.13. The molecule has 92 valence electrons. The highest BCUT2D eigenvalue weighted by Crippen LogP contribution is 2.06. The fraction of sp³-hybridized carbons (Fsp3) is 0.500. The van der Waals surface area contributed by atoms with Crippen LogP contribution in [-0.2, 0) is 17.6 Å². The van der Waals surface area contributed by atoms with Crippen molar-refractivity contribution in [1.29, 1.82) is 0 Å². The van der Waals surface area contributed by atoms with E-state index in [0.29, 0.717) is 12.5 Å². The number of carbonyl (C=O) groups excluding carboxylic acids is 1. The zero-order valence-electron chi connectivity index (χ0n) is 10.3. The molecule has 1 unspecified atom stereocenters. The first-order valence-electron chi connectivity index (χ1n) is 6.36. The Morgan fingerprint density at radius 1 is 1.35 bits per heavy atom. The second kappa shape index (κ2) is 5.82. The summed E-state index contributed by atoms with van der Waals surface area (Å²) in [5.74, 6) is 0.128. The summed E-state index contributed by atoms with van der Waals surface area (Å²) in [6, 6.07) is 8.60. The van der Waals surface area contributed by atoms with Gasteiger partial charge in [-0.3, -0.25) is 4.79 Å². The van der Waals surface area contributed by atoms with Crippen molar-refractivity contribution in [1.82, 2.24) is 10.6 Å². The van der Waals surface area contributed by atoms with Crippen LogP contribution in [0, 0.1) is 0 Å². The normalized spacial score (nSPS) is 19.2. The first kappa shape index (κ1) is 12.1. The average Bonchev–Trinajstić information content (AvgIpc) is 2.82. The van der Waals surface area contributed by atoms with Gasteiger partial charge in [0.15, 0.2) is 0 Å². The maximum absolute atomic E-state index is 11.8. The van der Waals surface area contributed by atoms with Crippen LogP contribution in [0.1, 0.15) is 24.5 Å². The number of hydrogen-bond acceptors (Lipinski definition) is 2. The third-order valence-electron chi connectivity index (χ3n) is 3.22. The van der Waals surface area contributed by atoms with E-state index in [9.17, 15) is 4.79 Å². The molecule has 2 N–H and O–H groups in total. The van der Waals surface area contributed by atoms with E-state index in [2.05, 4.69) is 29.7 Å². The molecule has 1 aromatic rings. The van der Waals surface area contributed by atoms with Gasteiger partial charge in [0.2, 0.25) is 5.91 Å². The van der Waals surface area contributed by atoms with E-state index in [4.69, 9.17) is 0 Å². The van der Waals surface area contributed by atoms with Crippen molar-refractivity contribution in [2.45, 2.75) is 32.2 Å². The molecule has 0 radical (unpaired) electrons. The highest BCUT2D eigenvalue weighted by molar-refractivity contribution is 5.78. The van der Waals surface area contributed by atoms with Gasteiger partial charge in [-0.05, 0) is 30.5 Å². The topological polar surface area (TPSA) is 41.1 Å². The Morgan fingerprint density at radius 3 is 2.65 bits per heavy atom. The summed E-state index contributed by atoms with van der Waals surface area (Å²) >= 11 is 0. The summed E-state index contributed by atoms with van der Waals surface area (Å²) in [7, 11) is 0. The van der Waals surface area contributed by atoms with E-state index >= 15 is 0 Å². The van der Waals surface area contributed by atoms with Gasteiger partial charge < -0.3 is 10.6 Å². The monoisotopic (exact) mass is 232 g/mol. The Hall–Kier alpha value is -1.35. The molecule has 1 atom stereocenters.